The van der Waals surface area contributed by atoms with Crippen LogP contribution in [-0.4, -0.2) is 0 Å². The van der Waals surface area contributed by atoms with E-state index in [1.54, 1.807) is 0 Å². The summed E-state index contributed by atoms with van der Waals surface area (Å²) in [6.07, 6.45) is 0. The van der Waals surface area contributed by atoms with Gasteiger partial charge < -0.3 is 24.8 Å². The number of rotatable bonds is 0. The van der Waals surface area contributed by atoms with E-state index in [9.17, 15) is 0 Å². The molecule has 0 unspecified atom stereocenters. The Morgan fingerprint density at radius 3 is 1.48 bits per heavy atom. The first-order valence-corrected chi connectivity index (χ1v) is 6.65. The molecule has 0 aliphatic rings. The van der Waals surface area contributed by atoms with Crippen molar-refractivity contribution in [1.82, 2.24) is 0 Å². The van der Waals surface area contributed by atoms with Gasteiger partial charge in [-0.1, -0.05) is 47.0 Å². The van der Waals surface area contributed by atoms with E-state index in [4.69, 9.17) is 0 Å². The Morgan fingerprint density at radius 2 is 1.29 bits per heavy atom. The standard InChI is InChI=1S/C13H21.C5H5.2ClH.Zr/c1-12(2,3)10-7-8-11(9-10)13(4,5)6;1-2-4-5-3-1;;;/h7-9H,1-6H3;1-5H;2*1H;/q2*-1;;;+4/p-2. The van der Waals surface area contributed by atoms with Gasteiger partial charge in [0, 0.05) is 0 Å². The maximum atomic E-state index is 2.33. The van der Waals surface area contributed by atoms with Crippen LogP contribution in [0.2, 0.25) is 0 Å². The molecular formula is C18H26Cl2Zr. The zero-order valence-corrected chi connectivity index (χ0v) is 17.8. The molecule has 0 saturated heterocycles. The molecule has 0 amide bonds. The summed E-state index contributed by atoms with van der Waals surface area (Å²) in [6.45, 7) is 13.6. The number of hydrogen-bond donors (Lipinski definition) is 0. The summed E-state index contributed by atoms with van der Waals surface area (Å²) in [7, 11) is 0. The summed E-state index contributed by atoms with van der Waals surface area (Å²) in [4.78, 5) is 0. The average Bonchev–Trinajstić information content (AvgIpc) is 2.91. The van der Waals surface area contributed by atoms with Gasteiger partial charge in [0.15, 0.2) is 0 Å². The summed E-state index contributed by atoms with van der Waals surface area (Å²) < 4.78 is 0. The van der Waals surface area contributed by atoms with Crippen molar-refractivity contribution in [2.24, 2.45) is 0 Å². The minimum atomic E-state index is 0. The molecule has 2 aromatic rings. The Balaban J connectivity index is -0.000000349. The zero-order valence-electron chi connectivity index (χ0n) is 13.9. The van der Waals surface area contributed by atoms with Gasteiger partial charge in [0.05, 0.1) is 0 Å². The second-order valence-corrected chi connectivity index (χ2v) is 6.85. The molecule has 0 heterocycles. The van der Waals surface area contributed by atoms with E-state index in [2.05, 4.69) is 59.7 Å². The number of halogens is 2. The molecule has 0 aromatic heterocycles. The predicted molar refractivity (Wildman–Crippen MR) is 81.5 cm³/mol. The maximum absolute atomic E-state index is 2.33. The number of hydrogen-bond acceptors (Lipinski definition) is 0. The van der Waals surface area contributed by atoms with Crippen LogP contribution in [0.15, 0.2) is 48.5 Å². The van der Waals surface area contributed by atoms with Crippen molar-refractivity contribution in [2.75, 3.05) is 0 Å². The normalized spacial score (nSPS) is 10.2. The fourth-order valence-corrected chi connectivity index (χ4v) is 1.70. The first-order chi connectivity index (χ1) is 8.21. The van der Waals surface area contributed by atoms with Crippen LogP contribution >= 0.6 is 0 Å². The van der Waals surface area contributed by atoms with Crippen molar-refractivity contribution in [3.05, 3.63) is 59.7 Å². The third-order valence-corrected chi connectivity index (χ3v) is 3.04. The Kier molecular flexibility index (Phi) is 13.4. The molecule has 0 saturated carbocycles. The largest absolute Gasteiger partial charge is 4.00 e. The van der Waals surface area contributed by atoms with Crippen molar-refractivity contribution in [3.8, 4) is 0 Å². The molecule has 0 bridgehead atoms. The third kappa shape index (κ3) is 9.72. The van der Waals surface area contributed by atoms with Crippen molar-refractivity contribution in [2.45, 2.75) is 52.4 Å². The topological polar surface area (TPSA) is 0 Å². The first-order valence-electron chi connectivity index (χ1n) is 6.65. The van der Waals surface area contributed by atoms with E-state index in [1.807, 2.05) is 30.3 Å². The molecule has 21 heavy (non-hydrogen) atoms. The molecule has 3 heteroatoms. The van der Waals surface area contributed by atoms with Crippen molar-refractivity contribution in [3.63, 3.8) is 0 Å². The van der Waals surface area contributed by atoms with Crippen LogP contribution in [-0.2, 0) is 37.0 Å². The first kappa shape index (κ1) is 26.1. The van der Waals surface area contributed by atoms with E-state index in [0.29, 0.717) is 0 Å². The van der Waals surface area contributed by atoms with Gasteiger partial charge in [0.2, 0.25) is 0 Å². The Hall–Kier alpha value is 0.163. The average molecular weight is 405 g/mol. The summed E-state index contributed by atoms with van der Waals surface area (Å²) in [5.41, 5.74) is 3.45. The van der Waals surface area contributed by atoms with Crippen molar-refractivity contribution in [1.29, 1.82) is 0 Å². The van der Waals surface area contributed by atoms with Crippen LogP contribution in [0.1, 0.15) is 52.7 Å². The molecule has 0 aliphatic heterocycles. The molecule has 0 N–H and O–H groups in total. The van der Waals surface area contributed by atoms with Gasteiger partial charge in [-0.25, -0.2) is 18.2 Å². The SMILES string of the molecule is CC(C)(C)c1c[cH-]c(C(C)(C)C)c1.[Cl-].[Cl-].[Zr+4].c1cc[cH-]c1. The van der Waals surface area contributed by atoms with E-state index in [1.165, 1.54) is 11.1 Å². The molecule has 0 spiro atoms. The molecule has 2 aromatic carbocycles. The molecular weight excluding hydrogens is 378 g/mol. The Labute approximate surface area is 162 Å². The minimum absolute atomic E-state index is 0. The summed E-state index contributed by atoms with van der Waals surface area (Å²) >= 11 is 0. The van der Waals surface area contributed by atoms with Gasteiger partial charge >= 0.3 is 26.2 Å². The Bertz CT molecular complexity index is 397. The van der Waals surface area contributed by atoms with E-state index >= 15 is 0 Å². The van der Waals surface area contributed by atoms with Crippen LogP contribution in [0, 0.1) is 0 Å². The van der Waals surface area contributed by atoms with Crippen LogP contribution in [0.4, 0.5) is 0 Å². The summed E-state index contributed by atoms with van der Waals surface area (Å²) in [5, 5.41) is 0. The zero-order chi connectivity index (χ0) is 13.8. The molecule has 0 nitrogen and oxygen atoms in total. The van der Waals surface area contributed by atoms with Gasteiger partial charge in [0.1, 0.15) is 0 Å². The molecule has 116 valence electrons. The quantitative estimate of drug-likeness (QED) is 0.515. The van der Waals surface area contributed by atoms with Gasteiger partial charge in [-0.05, 0) is 5.41 Å². The summed E-state index contributed by atoms with van der Waals surface area (Å²) in [5.74, 6) is 0. The fraction of sp³-hybridized carbons (Fsp3) is 0.444. The fourth-order valence-electron chi connectivity index (χ4n) is 1.70. The van der Waals surface area contributed by atoms with E-state index < -0.39 is 0 Å². The summed E-state index contributed by atoms with van der Waals surface area (Å²) in [6, 6.07) is 16.8. The smallest absolute Gasteiger partial charge is 1.00 e. The van der Waals surface area contributed by atoms with Crippen LogP contribution in [0.25, 0.3) is 0 Å². The molecule has 0 radical (unpaired) electrons. The van der Waals surface area contributed by atoms with Gasteiger partial charge in [-0.15, -0.1) is 0 Å². The van der Waals surface area contributed by atoms with Crippen molar-refractivity contribution < 1.29 is 51.0 Å². The van der Waals surface area contributed by atoms with Crippen LogP contribution in [0.5, 0.6) is 0 Å². The van der Waals surface area contributed by atoms with Gasteiger partial charge in [-0.2, -0.15) is 41.5 Å². The second-order valence-electron chi connectivity index (χ2n) is 6.85. The third-order valence-electron chi connectivity index (χ3n) is 3.04. The Morgan fingerprint density at radius 1 is 0.810 bits per heavy atom. The van der Waals surface area contributed by atoms with Gasteiger partial charge in [0.25, 0.3) is 0 Å². The molecule has 0 aliphatic carbocycles. The molecule has 0 atom stereocenters. The van der Waals surface area contributed by atoms with E-state index in [-0.39, 0.29) is 61.8 Å². The van der Waals surface area contributed by atoms with Crippen LogP contribution < -0.4 is 24.8 Å². The predicted octanol–water partition coefficient (Wildman–Crippen LogP) is -0.588. The molecule has 2 rings (SSSR count). The monoisotopic (exact) mass is 402 g/mol. The second kappa shape index (κ2) is 10.8. The van der Waals surface area contributed by atoms with E-state index in [0.717, 1.165) is 0 Å². The van der Waals surface area contributed by atoms with Crippen LogP contribution in [0.3, 0.4) is 0 Å². The maximum Gasteiger partial charge on any atom is 4.00 e. The van der Waals surface area contributed by atoms with Crippen molar-refractivity contribution >= 4 is 0 Å². The minimum Gasteiger partial charge on any atom is -1.00 e. The van der Waals surface area contributed by atoms with Gasteiger partial charge in [-0.3, -0.25) is 0 Å². The molecule has 0 fully saturated rings.